The zero-order valence-corrected chi connectivity index (χ0v) is 29.6. The number of benzene rings is 9. The Kier molecular flexibility index (Phi) is 7.85. The van der Waals surface area contributed by atoms with Crippen LogP contribution in [-0.4, -0.2) is 0 Å². The molecule has 9 aromatic carbocycles. The summed E-state index contributed by atoms with van der Waals surface area (Å²) in [5, 5.41) is 4.67. The third-order valence-corrected chi connectivity index (χ3v) is 10.5. The van der Waals surface area contributed by atoms with Gasteiger partial charge in [-0.25, -0.2) is 0 Å². The molecule has 0 aliphatic rings. The standard InChI is InChI=1S/C52H35NO/c1-3-13-36(14-4-1)41-19-11-20-42(35-41)37-25-29-43(30-26-37)53(44-31-27-40(28-32-44)46-23-12-18-38-17-7-8-21-45(38)46)49-34-33-47(39-15-5-2-6-16-39)52-51(49)48-22-9-10-24-50(48)54-52/h1-35H. The van der Waals surface area contributed by atoms with Crippen molar-refractivity contribution in [3.8, 4) is 44.5 Å². The van der Waals surface area contributed by atoms with Crippen molar-refractivity contribution >= 4 is 49.8 Å². The molecule has 254 valence electrons. The van der Waals surface area contributed by atoms with Crippen LogP contribution >= 0.6 is 0 Å². The Balaban J connectivity index is 1.14. The molecule has 0 N–H and O–H groups in total. The Labute approximate surface area is 314 Å². The van der Waals surface area contributed by atoms with Crippen molar-refractivity contribution in [1.82, 2.24) is 0 Å². The summed E-state index contributed by atoms with van der Waals surface area (Å²) in [5.41, 5.74) is 14.3. The number of hydrogen-bond donors (Lipinski definition) is 0. The van der Waals surface area contributed by atoms with Crippen LogP contribution in [0.3, 0.4) is 0 Å². The van der Waals surface area contributed by atoms with Crippen LogP contribution in [0.5, 0.6) is 0 Å². The second kappa shape index (κ2) is 13.4. The monoisotopic (exact) mass is 689 g/mol. The molecule has 0 aliphatic carbocycles. The molecule has 0 spiro atoms. The third-order valence-electron chi connectivity index (χ3n) is 10.5. The molecule has 2 nitrogen and oxygen atoms in total. The Bertz CT molecular complexity index is 2900. The van der Waals surface area contributed by atoms with Gasteiger partial charge in [0.05, 0.1) is 11.1 Å². The smallest absolute Gasteiger partial charge is 0.145 e. The number of hydrogen-bond acceptors (Lipinski definition) is 2. The van der Waals surface area contributed by atoms with Gasteiger partial charge in [0.15, 0.2) is 0 Å². The molecule has 0 saturated heterocycles. The molecule has 0 radical (unpaired) electrons. The summed E-state index contributed by atoms with van der Waals surface area (Å²) in [5.74, 6) is 0. The van der Waals surface area contributed by atoms with Crippen molar-refractivity contribution in [2.75, 3.05) is 4.90 Å². The molecule has 10 aromatic rings. The maximum absolute atomic E-state index is 6.72. The quantitative estimate of drug-likeness (QED) is 0.166. The van der Waals surface area contributed by atoms with Gasteiger partial charge in [0.1, 0.15) is 11.2 Å². The second-order valence-electron chi connectivity index (χ2n) is 13.7. The fraction of sp³-hybridized carbons (Fsp3) is 0. The number of rotatable bonds is 7. The molecule has 1 heterocycles. The minimum Gasteiger partial charge on any atom is -0.455 e. The molecular weight excluding hydrogens is 655 g/mol. The van der Waals surface area contributed by atoms with Gasteiger partial charge in [0.2, 0.25) is 0 Å². The molecule has 0 aliphatic heterocycles. The van der Waals surface area contributed by atoms with Crippen LogP contribution in [0.1, 0.15) is 0 Å². The van der Waals surface area contributed by atoms with Crippen molar-refractivity contribution in [3.05, 3.63) is 212 Å². The van der Waals surface area contributed by atoms with E-state index in [1.54, 1.807) is 0 Å². The molecule has 54 heavy (non-hydrogen) atoms. The first kappa shape index (κ1) is 31.6. The van der Waals surface area contributed by atoms with Crippen LogP contribution in [0.15, 0.2) is 217 Å². The maximum atomic E-state index is 6.72. The Morgan fingerprint density at radius 3 is 1.57 bits per heavy atom. The van der Waals surface area contributed by atoms with Gasteiger partial charge in [-0.3, -0.25) is 0 Å². The van der Waals surface area contributed by atoms with Gasteiger partial charge in [0.25, 0.3) is 0 Å². The first-order valence-corrected chi connectivity index (χ1v) is 18.4. The van der Waals surface area contributed by atoms with Gasteiger partial charge in [-0.15, -0.1) is 0 Å². The van der Waals surface area contributed by atoms with Crippen molar-refractivity contribution in [2.24, 2.45) is 0 Å². The summed E-state index contributed by atoms with van der Waals surface area (Å²) in [6.07, 6.45) is 0. The van der Waals surface area contributed by atoms with Crippen molar-refractivity contribution in [3.63, 3.8) is 0 Å². The normalized spacial score (nSPS) is 11.3. The van der Waals surface area contributed by atoms with Gasteiger partial charge >= 0.3 is 0 Å². The number of para-hydroxylation sites is 1. The topological polar surface area (TPSA) is 16.4 Å². The predicted molar refractivity (Wildman–Crippen MR) is 228 cm³/mol. The molecule has 0 unspecified atom stereocenters. The highest BCUT2D eigenvalue weighted by Gasteiger charge is 2.22. The Morgan fingerprint density at radius 2 is 0.852 bits per heavy atom. The fourth-order valence-electron chi connectivity index (χ4n) is 7.85. The first-order chi connectivity index (χ1) is 26.8. The van der Waals surface area contributed by atoms with E-state index in [1.165, 1.54) is 44.2 Å². The highest BCUT2D eigenvalue weighted by molar-refractivity contribution is 6.17. The minimum atomic E-state index is 0.872. The number of anilines is 3. The average molecular weight is 690 g/mol. The summed E-state index contributed by atoms with van der Waals surface area (Å²) in [6, 6.07) is 75.8. The molecule has 0 fully saturated rings. The average Bonchev–Trinajstić information content (AvgIpc) is 3.65. The molecule has 10 rings (SSSR count). The summed E-state index contributed by atoms with van der Waals surface area (Å²) in [4.78, 5) is 2.37. The minimum absolute atomic E-state index is 0.872. The van der Waals surface area contributed by atoms with E-state index in [2.05, 4.69) is 211 Å². The van der Waals surface area contributed by atoms with Crippen LogP contribution in [0, 0.1) is 0 Å². The van der Waals surface area contributed by atoms with Gasteiger partial charge < -0.3 is 9.32 Å². The summed E-state index contributed by atoms with van der Waals surface area (Å²) >= 11 is 0. The van der Waals surface area contributed by atoms with E-state index in [4.69, 9.17) is 4.42 Å². The van der Waals surface area contributed by atoms with Crippen molar-refractivity contribution in [2.45, 2.75) is 0 Å². The lowest BCUT2D eigenvalue weighted by atomic mass is 9.97. The number of furan rings is 1. The van der Waals surface area contributed by atoms with Gasteiger partial charge in [0, 0.05) is 22.3 Å². The Hall–Kier alpha value is -7.16. The molecule has 0 saturated carbocycles. The van der Waals surface area contributed by atoms with Crippen LogP contribution in [-0.2, 0) is 0 Å². The summed E-state index contributed by atoms with van der Waals surface area (Å²) in [7, 11) is 0. The molecule has 0 bridgehead atoms. The van der Waals surface area contributed by atoms with E-state index in [0.29, 0.717) is 0 Å². The van der Waals surface area contributed by atoms with E-state index in [0.717, 1.165) is 50.1 Å². The lowest BCUT2D eigenvalue weighted by molar-refractivity contribution is 0.670. The van der Waals surface area contributed by atoms with Crippen LogP contribution in [0.4, 0.5) is 17.1 Å². The SMILES string of the molecule is c1ccc(-c2cccc(-c3ccc(N(c4ccc(-c5cccc6ccccc56)cc4)c4ccc(-c5ccccc5)c5oc6ccccc6c45)cc3)c2)cc1. The number of nitrogens with zero attached hydrogens (tertiary/aromatic N) is 1. The van der Waals surface area contributed by atoms with Crippen LogP contribution in [0.25, 0.3) is 77.2 Å². The van der Waals surface area contributed by atoms with E-state index in [-0.39, 0.29) is 0 Å². The van der Waals surface area contributed by atoms with E-state index in [1.807, 2.05) is 6.07 Å². The summed E-state index contributed by atoms with van der Waals surface area (Å²) < 4.78 is 6.72. The van der Waals surface area contributed by atoms with Gasteiger partial charge in [-0.1, -0.05) is 164 Å². The van der Waals surface area contributed by atoms with Crippen molar-refractivity contribution < 1.29 is 4.42 Å². The van der Waals surface area contributed by atoms with Gasteiger partial charge in [-0.2, -0.15) is 0 Å². The molecule has 1 aromatic heterocycles. The Morgan fingerprint density at radius 1 is 0.333 bits per heavy atom. The largest absolute Gasteiger partial charge is 0.455 e. The molecule has 0 atom stereocenters. The third kappa shape index (κ3) is 5.62. The maximum Gasteiger partial charge on any atom is 0.145 e. The zero-order chi connectivity index (χ0) is 35.8. The fourth-order valence-corrected chi connectivity index (χ4v) is 7.85. The molecule has 2 heteroatoms. The van der Waals surface area contributed by atoms with Crippen LogP contribution in [0.2, 0.25) is 0 Å². The van der Waals surface area contributed by atoms with E-state index >= 15 is 0 Å². The zero-order valence-electron chi connectivity index (χ0n) is 29.6. The lowest BCUT2D eigenvalue weighted by Crippen LogP contribution is -2.10. The molecular formula is C52H35NO. The summed E-state index contributed by atoms with van der Waals surface area (Å²) in [6.45, 7) is 0. The predicted octanol–water partition coefficient (Wildman–Crippen LogP) is 14.9. The van der Waals surface area contributed by atoms with E-state index < -0.39 is 0 Å². The lowest BCUT2D eigenvalue weighted by Gasteiger charge is -2.27. The van der Waals surface area contributed by atoms with Crippen molar-refractivity contribution in [1.29, 1.82) is 0 Å². The second-order valence-corrected chi connectivity index (χ2v) is 13.7. The number of fused-ring (bicyclic) bond motifs is 4. The van der Waals surface area contributed by atoms with Gasteiger partial charge in [-0.05, 0) is 98.2 Å². The molecule has 0 amide bonds. The first-order valence-electron chi connectivity index (χ1n) is 18.4. The highest BCUT2D eigenvalue weighted by atomic mass is 16.3. The van der Waals surface area contributed by atoms with Crippen LogP contribution < -0.4 is 4.90 Å². The highest BCUT2D eigenvalue weighted by Crippen LogP contribution is 2.46. The van der Waals surface area contributed by atoms with E-state index in [9.17, 15) is 0 Å².